The maximum Gasteiger partial charge on any atom is 0.337 e. The summed E-state index contributed by atoms with van der Waals surface area (Å²) in [6, 6.07) is 4.64. The van der Waals surface area contributed by atoms with Gasteiger partial charge in [-0.3, -0.25) is 9.78 Å². The Hall–Kier alpha value is -2.43. The van der Waals surface area contributed by atoms with Crippen molar-refractivity contribution in [2.45, 2.75) is 0 Å². The Morgan fingerprint density at radius 2 is 2.00 bits per heavy atom. The van der Waals surface area contributed by atoms with Gasteiger partial charge < -0.3 is 10.1 Å². The summed E-state index contributed by atoms with van der Waals surface area (Å²) in [6.07, 6.45) is 4.26. The van der Waals surface area contributed by atoms with Gasteiger partial charge in [0.2, 0.25) is 0 Å². The SMILES string of the molecule is O=C(O)c1c[nH]c(=O)c(-c2ccncc2)c1. The number of carbonyl (C=O) groups is 1. The third-order valence-electron chi connectivity index (χ3n) is 2.14. The summed E-state index contributed by atoms with van der Waals surface area (Å²) >= 11 is 0. The largest absolute Gasteiger partial charge is 0.478 e. The highest BCUT2D eigenvalue weighted by Crippen LogP contribution is 2.14. The van der Waals surface area contributed by atoms with Gasteiger partial charge in [-0.1, -0.05) is 0 Å². The third kappa shape index (κ3) is 1.83. The molecule has 0 aromatic carbocycles. The molecule has 80 valence electrons. The quantitative estimate of drug-likeness (QED) is 0.788. The summed E-state index contributed by atoms with van der Waals surface area (Å²) < 4.78 is 0. The summed E-state index contributed by atoms with van der Waals surface area (Å²) in [5, 5.41) is 8.81. The fourth-order valence-electron chi connectivity index (χ4n) is 1.35. The van der Waals surface area contributed by atoms with Crippen molar-refractivity contribution >= 4 is 5.97 Å². The van der Waals surface area contributed by atoms with Crippen LogP contribution in [0.4, 0.5) is 0 Å². The first-order valence-corrected chi connectivity index (χ1v) is 4.55. The summed E-state index contributed by atoms with van der Waals surface area (Å²) in [7, 11) is 0. The van der Waals surface area contributed by atoms with E-state index in [4.69, 9.17) is 5.11 Å². The van der Waals surface area contributed by atoms with E-state index in [1.165, 1.54) is 12.3 Å². The Kier molecular flexibility index (Phi) is 2.51. The number of aromatic carboxylic acids is 1. The molecule has 0 aliphatic carbocycles. The minimum Gasteiger partial charge on any atom is -0.478 e. The van der Waals surface area contributed by atoms with Crippen LogP contribution in [0.15, 0.2) is 41.6 Å². The van der Waals surface area contributed by atoms with Crippen molar-refractivity contribution < 1.29 is 9.90 Å². The van der Waals surface area contributed by atoms with Gasteiger partial charge >= 0.3 is 5.97 Å². The van der Waals surface area contributed by atoms with Crippen LogP contribution < -0.4 is 5.56 Å². The lowest BCUT2D eigenvalue weighted by molar-refractivity contribution is 0.0696. The monoisotopic (exact) mass is 216 g/mol. The molecule has 0 saturated heterocycles. The fourth-order valence-corrected chi connectivity index (χ4v) is 1.35. The molecule has 2 N–H and O–H groups in total. The molecule has 0 spiro atoms. The van der Waals surface area contributed by atoms with Crippen LogP contribution in [-0.4, -0.2) is 21.0 Å². The molecule has 0 aliphatic heterocycles. The number of carboxylic acids is 1. The molecule has 2 aromatic heterocycles. The van der Waals surface area contributed by atoms with Crippen molar-refractivity contribution in [3.05, 3.63) is 52.7 Å². The van der Waals surface area contributed by atoms with Gasteiger partial charge in [0.15, 0.2) is 0 Å². The number of hydrogen-bond acceptors (Lipinski definition) is 3. The zero-order valence-electron chi connectivity index (χ0n) is 8.18. The second kappa shape index (κ2) is 3.98. The number of carboxylic acid groups (broad SMARTS) is 1. The molecule has 0 fully saturated rings. The average molecular weight is 216 g/mol. The van der Waals surface area contributed by atoms with E-state index in [9.17, 15) is 9.59 Å². The Morgan fingerprint density at radius 3 is 2.62 bits per heavy atom. The second-order valence-electron chi connectivity index (χ2n) is 3.17. The first-order valence-electron chi connectivity index (χ1n) is 4.55. The molecule has 0 unspecified atom stereocenters. The molecule has 5 heteroatoms. The number of pyridine rings is 2. The highest BCUT2D eigenvalue weighted by atomic mass is 16.4. The molecule has 0 aliphatic rings. The molecule has 0 radical (unpaired) electrons. The predicted molar refractivity (Wildman–Crippen MR) is 57.3 cm³/mol. The van der Waals surface area contributed by atoms with Crippen LogP contribution in [0.5, 0.6) is 0 Å². The van der Waals surface area contributed by atoms with Crippen molar-refractivity contribution in [1.29, 1.82) is 0 Å². The van der Waals surface area contributed by atoms with Crippen LogP contribution in [-0.2, 0) is 0 Å². The van der Waals surface area contributed by atoms with Crippen molar-refractivity contribution in [3.63, 3.8) is 0 Å². The highest BCUT2D eigenvalue weighted by Gasteiger charge is 2.08. The van der Waals surface area contributed by atoms with Gasteiger partial charge in [-0.25, -0.2) is 4.79 Å². The standard InChI is InChI=1S/C11H8N2O3/c14-10-9(7-1-3-12-4-2-7)5-8(6-13-10)11(15)16/h1-6H,(H,13,14)(H,15,16). The average Bonchev–Trinajstić information content (AvgIpc) is 2.30. The van der Waals surface area contributed by atoms with Gasteiger partial charge in [0.1, 0.15) is 0 Å². The summed E-state index contributed by atoms with van der Waals surface area (Å²) in [6.45, 7) is 0. The van der Waals surface area contributed by atoms with Crippen LogP contribution in [0.3, 0.4) is 0 Å². The molecule has 0 saturated carbocycles. The number of aromatic amines is 1. The number of H-pyrrole nitrogens is 1. The van der Waals surface area contributed by atoms with Crippen molar-refractivity contribution in [2.75, 3.05) is 0 Å². The van der Waals surface area contributed by atoms with Gasteiger partial charge in [0.25, 0.3) is 5.56 Å². The maximum absolute atomic E-state index is 11.5. The van der Waals surface area contributed by atoms with Crippen LogP contribution in [0.1, 0.15) is 10.4 Å². The normalized spacial score (nSPS) is 10.0. The predicted octanol–water partition coefficient (Wildman–Crippen LogP) is 1.14. The minimum absolute atomic E-state index is 0.0476. The van der Waals surface area contributed by atoms with Crippen molar-refractivity contribution in [3.8, 4) is 11.1 Å². The van der Waals surface area contributed by atoms with Crippen LogP contribution in [0.25, 0.3) is 11.1 Å². The lowest BCUT2D eigenvalue weighted by atomic mass is 10.1. The zero-order chi connectivity index (χ0) is 11.5. The van der Waals surface area contributed by atoms with E-state index in [-0.39, 0.29) is 11.1 Å². The molecule has 5 nitrogen and oxygen atoms in total. The van der Waals surface area contributed by atoms with E-state index < -0.39 is 5.97 Å². The lowest BCUT2D eigenvalue weighted by Crippen LogP contribution is -2.11. The van der Waals surface area contributed by atoms with Crippen LogP contribution in [0, 0.1) is 0 Å². The van der Waals surface area contributed by atoms with E-state index in [1.54, 1.807) is 24.5 Å². The number of nitrogens with one attached hydrogen (secondary N) is 1. The maximum atomic E-state index is 11.5. The molecule has 0 atom stereocenters. The van der Waals surface area contributed by atoms with Crippen LogP contribution in [0.2, 0.25) is 0 Å². The van der Waals surface area contributed by atoms with E-state index in [2.05, 4.69) is 9.97 Å². The molecule has 16 heavy (non-hydrogen) atoms. The van der Waals surface area contributed by atoms with Gasteiger partial charge in [-0.15, -0.1) is 0 Å². The molecular formula is C11H8N2O3. The highest BCUT2D eigenvalue weighted by molar-refractivity contribution is 5.88. The Balaban J connectivity index is 2.61. The van der Waals surface area contributed by atoms with Gasteiger partial charge in [-0.2, -0.15) is 0 Å². The summed E-state index contributed by atoms with van der Waals surface area (Å²) in [4.78, 5) is 28.5. The van der Waals surface area contributed by atoms with Crippen molar-refractivity contribution in [2.24, 2.45) is 0 Å². The number of nitrogens with zero attached hydrogens (tertiary/aromatic N) is 1. The number of hydrogen-bond donors (Lipinski definition) is 2. The minimum atomic E-state index is -1.08. The van der Waals surface area contributed by atoms with Gasteiger partial charge in [0, 0.05) is 24.2 Å². The van der Waals surface area contributed by atoms with Gasteiger partial charge in [-0.05, 0) is 23.8 Å². The van der Waals surface area contributed by atoms with Crippen LogP contribution >= 0.6 is 0 Å². The Labute approximate surface area is 90.4 Å². The number of rotatable bonds is 2. The molecule has 0 amide bonds. The second-order valence-corrected chi connectivity index (χ2v) is 3.17. The molecular weight excluding hydrogens is 208 g/mol. The Morgan fingerprint density at radius 1 is 1.31 bits per heavy atom. The first-order chi connectivity index (χ1) is 7.68. The number of aromatic nitrogens is 2. The molecule has 2 aromatic rings. The summed E-state index contributed by atoms with van der Waals surface area (Å²) in [5.74, 6) is -1.08. The van der Waals surface area contributed by atoms with E-state index >= 15 is 0 Å². The van der Waals surface area contributed by atoms with Gasteiger partial charge in [0.05, 0.1) is 5.56 Å². The van der Waals surface area contributed by atoms with E-state index in [0.717, 1.165) is 0 Å². The fraction of sp³-hybridized carbons (Fsp3) is 0. The molecule has 2 heterocycles. The summed E-state index contributed by atoms with van der Waals surface area (Å²) in [5.41, 5.74) is 0.685. The van der Waals surface area contributed by atoms with E-state index in [0.29, 0.717) is 11.1 Å². The molecule has 0 bridgehead atoms. The van der Waals surface area contributed by atoms with E-state index in [1.807, 2.05) is 0 Å². The molecule has 2 rings (SSSR count). The topological polar surface area (TPSA) is 83.0 Å². The lowest BCUT2D eigenvalue weighted by Gasteiger charge is -2.01. The Bertz CT molecular complexity index is 575. The first kappa shape index (κ1) is 10.1. The zero-order valence-corrected chi connectivity index (χ0v) is 8.18. The van der Waals surface area contributed by atoms with Crippen molar-refractivity contribution in [1.82, 2.24) is 9.97 Å². The third-order valence-corrected chi connectivity index (χ3v) is 2.14. The smallest absolute Gasteiger partial charge is 0.337 e.